The number of carbonyl (C=O) groups excluding carboxylic acids is 1. The molecule has 0 bridgehead atoms. The van der Waals surface area contributed by atoms with Gasteiger partial charge in [-0.2, -0.15) is 0 Å². The van der Waals surface area contributed by atoms with Crippen LogP contribution in [0.5, 0.6) is 0 Å². The van der Waals surface area contributed by atoms with E-state index in [0.29, 0.717) is 28.8 Å². The Morgan fingerprint density at radius 3 is 2.62 bits per heavy atom. The largest absolute Gasteiger partial charge is 0.394 e. The molecule has 2 rings (SSSR count). The average Bonchev–Trinajstić information content (AvgIpc) is 2.35. The van der Waals surface area contributed by atoms with E-state index in [1.54, 1.807) is 23.1 Å². The second-order valence-electron chi connectivity index (χ2n) is 5.65. The summed E-state index contributed by atoms with van der Waals surface area (Å²) in [5.74, 6) is 0. The standard InChI is InChI=1S/C14H18Cl2N2O3/c1-14(2)8-18(6-12(7-19)21-14)13(20)17-11-4-9(15)3-10(16)5-11/h3-5,12,19H,6-8H2,1-2H3,(H,17,20). The Morgan fingerprint density at radius 1 is 1.43 bits per heavy atom. The van der Waals surface area contributed by atoms with E-state index in [-0.39, 0.29) is 18.7 Å². The molecule has 0 saturated carbocycles. The van der Waals surface area contributed by atoms with E-state index < -0.39 is 5.60 Å². The van der Waals surface area contributed by atoms with E-state index in [9.17, 15) is 9.90 Å². The van der Waals surface area contributed by atoms with Crippen LogP contribution in [-0.4, -0.2) is 47.4 Å². The highest BCUT2D eigenvalue weighted by atomic mass is 35.5. The van der Waals surface area contributed by atoms with Crippen LogP contribution >= 0.6 is 23.2 Å². The molecule has 1 saturated heterocycles. The predicted molar refractivity (Wildman–Crippen MR) is 83.1 cm³/mol. The summed E-state index contributed by atoms with van der Waals surface area (Å²) in [6.07, 6.45) is -0.387. The number of hydrogen-bond donors (Lipinski definition) is 2. The number of rotatable bonds is 2. The van der Waals surface area contributed by atoms with Crippen molar-refractivity contribution in [1.29, 1.82) is 0 Å². The number of halogens is 2. The Labute approximate surface area is 133 Å². The minimum atomic E-state index is -0.505. The fourth-order valence-corrected chi connectivity index (χ4v) is 2.90. The average molecular weight is 333 g/mol. The van der Waals surface area contributed by atoms with Crippen molar-refractivity contribution in [2.45, 2.75) is 25.6 Å². The number of amides is 2. The number of carbonyl (C=O) groups is 1. The number of hydrogen-bond acceptors (Lipinski definition) is 3. The molecule has 0 aromatic heterocycles. The Balaban J connectivity index is 2.08. The van der Waals surface area contributed by atoms with Crippen molar-refractivity contribution < 1.29 is 14.6 Å². The molecule has 1 aromatic carbocycles. The van der Waals surface area contributed by atoms with Crippen molar-refractivity contribution in [1.82, 2.24) is 4.90 Å². The van der Waals surface area contributed by atoms with E-state index in [1.807, 2.05) is 13.8 Å². The lowest BCUT2D eigenvalue weighted by Gasteiger charge is -2.42. The molecule has 1 heterocycles. The molecular formula is C14H18Cl2N2O3. The highest BCUT2D eigenvalue weighted by Crippen LogP contribution is 2.24. The summed E-state index contributed by atoms with van der Waals surface area (Å²) >= 11 is 11.8. The van der Waals surface area contributed by atoms with E-state index in [0.717, 1.165) is 0 Å². The van der Waals surface area contributed by atoms with Gasteiger partial charge in [0.05, 0.1) is 31.4 Å². The van der Waals surface area contributed by atoms with Crippen LogP contribution in [-0.2, 0) is 4.74 Å². The summed E-state index contributed by atoms with van der Waals surface area (Å²) in [6.45, 7) is 4.40. The second-order valence-corrected chi connectivity index (χ2v) is 6.52. The van der Waals surface area contributed by atoms with Gasteiger partial charge in [-0.25, -0.2) is 4.79 Å². The molecule has 0 radical (unpaired) electrons. The fourth-order valence-electron chi connectivity index (χ4n) is 2.37. The van der Waals surface area contributed by atoms with Crippen LogP contribution < -0.4 is 5.32 Å². The quantitative estimate of drug-likeness (QED) is 0.875. The van der Waals surface area contributed by atoms with Crippen LogP contribution in [0.25, 0.3) is 0 Å². The fraction of sp³-hybridized carbons (Fsp3) is 0.500. The normalized spacial score (nSPS) is 21.2. The zero-order chi connectivity index (χ0) is 15.6. The van der Waals surface area contributed by atoms with E-state index in [2.05, 4.69) is 5.32 Å². The molecule has 1 unspecified atom stereocenters. The van der Waals surface area contributed by atoms with Crippen molar-refractivity contribution in [2.24, 2.45) is 0 Å². The van der Waals surface area contributed by atoms with Gasteiger partial charge in [0.1, 0.15) is 0 Å². The van der Waals surface area contributed by atoms with Gasteiger partial charge < -0.3 is 20.1 Å². The first-order valence-electron chi connectivity index (χ1n) is 6.60. The SMILES string of the molecule is CC1(C)CN(C(=O)Nc2cc(Cl)cc(Cl)c2)CC(CO)O1. The van der Waals surface area contributed by atoms with Crippen molar-refractivity contribution in [3.63, 3.8) is 0 Å². The first-order valence-corrected chi connectivity index (χ1v) is 7.35. The maximum absolute atomic E-state index is 12.3. The van der Waals surface area contributed by atoms with Crippen LogP contribution in [0.15, 0.2) is 18.2 Å². The molecular weight excluding hydrogens is 315 g/mol. The van der Waals surface area contributed by atoms with Crippen molar-refractivity contribution in [3.05, 3.63) is 28.2 Å². The molecule has 1 aliphatic rings. The Bertz CT molecular complexity index is 517. The van der Waals surface area contributed by atoms with Gasteiger partial charge in [-0.15, -0.1) is 0 Å². The lowest BCUT2D eigenvalue weighted by atomic mass is 10.1. The summed E-state index contributed by atoms with van der Waals surface area (Å²) in [5.41, 5.74) is 0.0250. The van der Waals surface area contributed by atoms with Crippen LogP contribution in [0.2, 0.25) is 10.0 Å². The number of aliphatic hydroxyl groups excluding tert-OH is 1. The van der Waals surface area contributed by atoms with Gasteiger partial charge >= 0.3 is 6.03 Å². The molecule has 1 aliphatic heterocycles. The second kappa shape index (κ2) is 6.40. The zero-order valence-electron chi connectivity index (χ0n) is 11.9. The number of morpholine rings is 1. The van der Waals surface area contributed by atoms with Gasteiger partial charge in [0.25, 0.3) is 0 Å². The van der Waals surface area contributed by atoms with E-state index >= 15 is 0 Å². The number of nitrogens with zero attached hydrogens (tertiary/aromatic N) is 1. The first kappa shape index (κ1) is 16.4. The number of anilines is 1. The maximum atomic E-state index is 12.3. The van der Waals surface area contributed by atoms with Gasteiger partial charge in [-0.05, 0) is 32.0 Å². The molecule has 2 N–H and O–H groups in total. The summed E-state index contributed by atoms with van der Waals surface area (Å²) in [5, 5.41) is 12.9. The van der Waals surface area contributed by atoms with Crippen LogP contribution in [0.3, 0.4) is 0 Å². The van der Waals surface area contributed by atoms with Gasteiger partial charge in [-0.3, -0.25) is 0 Å². The molecule has 7 heteroatoms. The monoisotopic (exact) mass is 332 g/mol. The lowest BCUT2D eigenvalue weighted by Crippen LogP contribution is -2.56. The molecule has 0 aliphatic carbocycles. The Kier molecular flexibility index (Phi) is 4.99. The number of urea groups is 1. The third kappa shape index (κ3) is 4.48. The highest BCUT2D eigenvalue weighted by molar-refractivity contribution is 6.35. The lowest BCUT2D eigenvalue weighted by molar-refractivity contribution is -0.137. The van der Waals surface area contributed by atoms with Crippen molar-refractivity contribution >= 4 is 34.9 Å². The van der Waals surface area contributed by atoms with Gasteiger partial charge in [0.2, 0.25) is 0 Å². The predicted octanol–water partition coefficient (Wildman–Crippen LogP) is 3.00. The van der Waals surface area contributed by atoms with Gasteiger partial charge in [0.15, 0.2) is 0 Å². The topological polar surface area (TPSA) is 61.8 Å². The minimum absolute atomic E-state index is 0.129. The molecule has 1 fully saturated rings. The summed E-state index contributed by atoms with van der Waals surface area (Å²) < 4.78 is 5.68. The minimum Gasteiger partial charge on any atom is -0.394 e. The number of nitrogens with one attached hydrogen (secondary N) is 1. The summed E-state index contributed by atoms with van der Waals surface area (Å²) in [4.78, 5) is 13.9. The number of ether oxygens (including phenoxy) is 1. The van der Waals surface area contributed by atoms with Crippen LogP contribution in [0.4, 0.5) is 10.5 Å². The Hall–Kier alpha value is -1.01. The molecule has 1 aromatic rings. The smallest absolute Gasteiger partial charge is 0.322 e. The van der Waals surface area contributed by atoms with E-state index in [1.165, 1.54) is 0 Å². The summed E-state index contributed by atoms with van der Waals surface area (Å²) in [7, 11) is 0. The number of benzene rings is 1. The highest BCUT2D eigenvalue weighted by Gasteiger charge is 2.35. The molecule has 21 heavy (non-hydrogen) atoms. The van der Waals surface area contributed by atoms with Crippen LogP contribution in [0, 0.1) is 0 Å². The van der Waals surface area contributed by atoms with Gasteiger partial charge in [-0.1, -0.05) is 23.2 Å². The molecule has 2 amide bonds. The number of aliphatic hydroxyl groups is 1. The molecule has 5 nitrogen and oxygen atoms in total. The van der Waals surface area contributed by atoms with Crippen LogP contribution in [0.1, 0.15) is 13.8 Å². The van der Waals surface area contributed by atoms with Crippen molar-refractivity contribution in [3.8, 4) is 0 Å². The molecule has 1 atom stereocenters. The van der Waals surface area contributed by atoms with E-state index in [4.69, 9.17) is 27.9 Å². The molecule has 0 spiro atoms. The molecule has 116 valence electrons. The first-order chi connectivity index (χ1) is 9.79. The third-order valence-electron chi connectivity index (χ3n) is 3.09. The van der Waals surface area contributed by atoms with Gasteiger partial charge in [0, 0.05) is 15.7 Å². The zero-order valence-corrected chi connectivity index (χ0v) is 13.4. The maximum Gasteiger partial charge on any atom is 0.322 e. The Morgan fingerprint density at radius 2 is 2.05 bits per heavy atom. The summed E-state index contributed by atoms with van der Waals surface area (Å²) in [6, 6.07) is 4.57. The van der Waals surface area contributed by atoms with Crippen molar-refractivity contribution in [2.75, 3.05) is 25.0 Å². The third-order valence-corrected chi connectivity index (χ3v) is 3.52.